The summed E-state index contributed by atoms with van der Waals surface area (Å²) in [4.78, 5) is 15.0. The smallest absolute Gasteiger partial charge is 0.260 e. The van der Waals surface area contributed by atoms with Crippen LogP contribution in [0.5, 0.6) is 0 Å². The molecule has 3 heterocycles. The number of carbonyl (C=O) groups excluding carboxylic acids is 1. The van der Waals surface area contributed by atoms with Crippen molar-refractivity contribution in [2.45, 2.75) is 13.0 Å². The molecule has 2 aromatic rings. The Balaban J connectivity index is 1.41. The Morgan fingerprint density at radius 1 is 1.04 bits per heavy atom. The van der Waals surface area contributed by atoms with Crippen LogP contribution in [0, 0.1) is 0 Å². The Morgan fingerprint density at radius 3 is 2.78 bits per heavy atom. The normalized spacial score (nSPS) is 21.6. The highest BCUT2D eigenvalue weighted by atomic mass is 16.5. The Hall–Kier alpha value is -2.63. The van der Waals surface area contributed by atoms with Gasteiger partial charge in [0.15, 0.2) is 0 Å². The summed E-state index contributed by atoms with van der Waals surface area (Å²) in [7, 11) is 0. The highest BCUT2D eigenvalue weighted by Gasteiger charge is 2.32. The van der Waals surface area contributed by atoms with Crippen LogP contribution in [-0.4, -0.2) is 43.7 Å². The molecule has 0 atom stereocenters. The average molecular weight is 362 g/mol. The number of hydrogen-bond donors (Lipinski definition) is 1. The largest absolute Gasteiger partial charge is 0.487 e. The highest BCUT2D eigenvalue weighted by Crippen LogP contribution is 2.41. The summed E-state index contributed by atoms with van der Waals surface area (Å²) in [6, 6.07) is 14.3. The molecule has 1 N–H and O–H groups in total. The summed E-state index contributed by atoms with van der Waals surface area (Å²) < 4.78 is 11.4. The molecule has 27 heavy (non-hydrogen) atoms. The number of benzene rings is 2. The maximum absolute atomic E-state index is 12.5. The third-order valence-corrected chi connectivity index (χ3v) is 5.51. The van der Waals surface area contributed by atoms with Crippen LogP contribution in [0.15, 0.2) is 42.5 Å². The number of amides is 1. The standard InChI is InChI=1S/C22H22N2O3/c25-22-20(18-3-1-2-4-19(18)23-22)21-17-6-5-15(13-16(17)14-27-21)7-8-24-9-11-26-12-10-24/h1-6,13H,7-12,14H2,(H,23,25)/b21-20+. The molecule has 0 aliphatic carbocycles. The summed E-state index contributed by atoms with van der Waals surface area (Å²) in [5.41, 5.74) is 5.92. The van der Waals surface area contributed by atoms with Crippen molar-refractivity contribution in [1.29, 1.82) is 0 Å². The molecule has 2 aromatic carbocycles. The molecule has 1 amide bonds. The number of morpholine rings is 1. The molecule has 5 nitrogen and oxygen atoms in total. The monoisotopic (exact) mass is 362 g/mol. The number of fused-ring (bicyclic) bond motifs is 2. The average Bonchev–Trinajstić information content (AvgIpc) is 3.26. The van der Waals surface area contributed by atoms with E-state index in [4.69, 9.17) is 9.47 Å². The number of hydrogen-bond acceptors (Lipinski definition) is 4. The molecule has 0 saturated carbocycles. The Bertz CT molecular complexity index is 929. The molecule has 3 aliphatic heterocycles. The van der Waals surface area contributed by atoms with Crippen molar-refractivity contribution in [3.05, 3.63) is 64.7 Å². The van der Waals surface area contributed by atoms with E-state index in [1.54, 1.807) is 0 Å². The fourth-order valence-corrected chi connectivity index (χ4v) is 4.03. The molecule has 0 bridgehead atoms. The van der Waals surface area contributed by atoms with E-state index in [2.05, 4.69) is 28.4 Å². The van der Waals surface area contributed by atoms with E-state index >= 15 is 0 Å². The van der Waals surface area contributed by atoms with E-state index in [1.807, 2.05) is 24.3 Å². The maximum Gasteiger partial charge on any atom is 0.260 e. The van der Waals surface area contributed by atoms with Crippen LogP contribution in [-0.2, 0) is 27.3 Å². The van der Waals surface area contributed by atoms with Gasteiger partial charge in [0, 0.05) is 42.0 Å². The van der Waals surface area contributed by atoms with Gasteiger partial charge in [0.05, 0.1) is 18.8 Å². The summed E-state index contributed by atoms with van der Waals surface area (Å²) in [5, 5.41) is 2.93. The number of para-hydroxylation sites is 1. The second kappa shape index (κ2) is 6.83. The maximum atomic E-state index is 12.5. The molecule has 0 aromatic heterocycles. The van der Waals surface area contributed by atoms with Crippen LogP contribution in [0.25, 0.3) is 11.3 Å². The topological polar surface area (TPSA) is 50.8 Å². The van der Waals surface area contributed by atoms with Gasteiger partial charge in [0.2, 0.25) is 0 Å². The zero-order valence-corrected chi connectivity index (χ0v) is 15.2. The van der Waals surface area contributed by atoms with Gasteiger partial charge in [0.25, 0.3) is 5.91 Å². The minimum Gasteiger partial charge on any atom is -0.487 e. The van der Waals surface area contributed by atoms with E-state index in [1.165, 1.54) is 5.56 Å². The lowest BCUT2D eigenvalue weighted by Gasteiger charge is -2.26. The van der Waals surface area contributed by atoms with Crippen LogP contribution in [0.1, 0.15) is 22.3 Å². The molecule has 3 aliphatic rings. The van der Waals surface area contributed by atoms with Crippen LogP contribution in [0.2, 0.25) is 0 Å². The molecule has 5 rings (SSSR count). The molecule has 0 spiro atoms. The molecule has 0 unspecified atom stereocenters. The van der Waals surface area contributed by atoms with E-state index in [-0.39, 0.29) is 5.91 Å². The second-order valence-corrected chi connectivity index (χ2v) is 7.19. The minimum atomic E-state index is -0.0876. The van der Waals surface area contributed by atoms with Gasteiger partial charge in [0.1, 0.15) is 12.4 Å². The van der Waals surface area contributed by atoms with E-state index in [0.29, 0.717) is 17.9 Å². The van der Waals surface area contributed by atoms with Crippen molar-refractivity contribution in [2.24, 2.45) is 0 Å². The van der Waals surface area contributed by atoms with Crippen LogP contribution in [0.3, 0.4) is 0 Å². The van der Waals surface area contributed by atoms with E-state index in [9.17, 15) is 4.79 Å². The SMILES string of the molecule is O=C1Nc2ccccc2/C1=C1\OCc2cc(CCN3CCOCC3)ccc21. The summed E-state index contributed by atoms with van der Waals surface area (Å²) in [6.07, 6.45) is 1.02. The first-order valence-electron chi connectivity index (χ1n) is 9.50. The van der Waals surface area contributed by atoms with Gasteiger partial charge in [-0.15, -0.1) is 0 Å². The fourth-order valence-electron chi connectivity index (χ4n) is 4.03. The van der Waals surface area contributed by atoms with Gasteiger partial charge in [-0.1, -0.05) is 36.4 Å². The van der Waals surface area contributed by atoms with Gasteiger partial charge in [-0.2, -0.15) is 0 Å². The molecule has 0 radical (unpaired) electrons. The second-order valence-electron chi connectivity index (χ2n) is 7.19. The van der Waals surface area contributed by atoms with E-state index < -0.39 is 0 Å². The van der Waals surface area contributed by atoms with E-state index in [0.717, 1.165) is 61.6 Å². The van der Waals surface area contributed by atoms with Gasteiger partial charge >= 0.3 is 0 Å². The molecule has 5 heteroatoms. The van der Waals surface area contributed by atoms with Crippen LogP contribution >= 0.6 is 0 Å². The van der Waals surface area contributed by atoms with Gasteiger partial charge in [-0.05, 0) is 18.1 Å². The molecular formula is C22H22N2O3. The molecular weight excluding hydrogens is 340 g/mol. The van der Waals surface area contributed by atoms with Crippen molar-refractivity contribution >= 4 is 22.9 Å². The Kier molecular flexibility index (Phi) is 4.19. The van der Waals surface area contributed by atoms with Gasteiger partial charge in [-0.3, -0.25) is 9.69 Å². The molecule has 138 valence electrons. The molecule has 1 saturated heterocycles. The van der Waals surface area contributed by atoms with Gasteiger partial charge in [-0.25, -0.2) is 0 Å². The number of anilines is 1. The summed E-state index contributed by atoms with van der Waals surface area (Å²) in [6.45, 7) is 5.26. The predicted octanol–water partition coefficient (Wildman–Crippen LogP) is 2.91. The third kappa shape index (κ3) is 3.03. The lowest BCUT2D eigenvalue weighted by Crippen LogP contribution is -2.37. The van der Waals surface area contributed by atoms with Crippen molar-refractivity contribution in [3.63, 3.8) is 0 Å². The number of rotatable bonds is 3. The third-order valence-electron chi connectivity index (χ3n) is 5.51. The van der Waals surface area contributed by atoms with Crippen molar-refractivity contribution in [1.82, 2.24) is 4.90 Å². The van der Waals surface area contributed by atoms with Gasteiger partial charge < -0.3 is 14.8 Å². The first-order chi connectivity index (χ1) is 13.3. The first-order valence-corrected chi connectivity index (χ1v) is 9.50. The Morgan fingerprint density at radius 2 is 1.89 bits per heavy atom. The first kappa shape index (κ1) is 16.5. The number of ether oxygens (including phenoxy) is 2. The molecule has 1 fully saturated rings. The quantitative estimate of drug-likeness (QED) is 0.853. The van der Waals surface area contributed by atoms with Crippen molar-refractivity contribution < 1.29 is 14.3 Å². The number of nitrogens with zero attached hydrogens (tertiary/aromatic N) is 1. The summed E-state index contributed by atoms with van der Waals surface area (Å²) in [5.74, 6) is 0.614. The fraction of sp³-hybridized carbons (Fsp3) is 0.318. The number of carbonyl (C=O) groups is 1. The minimum absolute atomic E-state index is 0.0876. The summed E-state index contributed by atoms with van der Waals surface area (Å²) >= 11 is 0. The highest BCUT2D eigenvalue weighted by molar-refractivity contribution is 6.36. The number of nitrogens with one attached hydrogen (secondary N) is 1. The zero-order valence-electron chi connectivity index (χ0n) is 15.2. The lowest BCUT2D eigenvalue weighted by atomic mass is 9.98. The van der Waals surface area contributed by atoms with Crippen LogP contribution < -0.4 is 5.32 Å². The Labute approximate surface area is 158 Å². The van der Waals surface area contributed by atoms with Crippen LogP contribution in [0.4, 0.5) is 5.69 Å². The predicted molar refractivity (Wildman–Crippen MR) is 104 cm³/mol. The lowest BCUT2D eigenvalue weighted by molar-refractivity contribution is -0.110. The zero-order chi connectivity index (χ0) is 18.2. The van der Waals surface area contributed by atoms with Crippen molar-refractivity contribution in [2.75, 3.05) is 38.2 Å². The van der Waals surface area contributed by atoms with Crippen molar-refractivity contribution in [3.8, 4) is 0 Å².